The zero-order chi connectivity index (χ0) is 26.2. The molecular weight excluding hydrogens is 484 g/mol. The minimum atomic E-state index is 0.188. The third-order valence-electron chi connectivity index (χ3n) is 8.66. The molecule has 6 aromatic carbocycles. The van der Waals surface area contributed by atoms with Crippen LogP contribution in [0.4, 0.5) is 5.69 Å². The lowest BCUT2D eigenvalue weighted by Gasteiger charge is -2.26. The first-order valence-corrected chi connectivity index (χ1v) is 13.9. The predicted octanol–water partition coefficient (Wildman–Crippen LogP) is 9.70. The first-order chi connectivity index (χ1) is 19.8. The normalized spacial score (nSPS) is 14.9. The summed E-state index contributed by atoms with van der Waals surface area (Å²) in [5.74, 6) is 0.188. The van der Waals surface area contributed by atoms with Crippen molar-refractivity contribution in [3.8, 4) is 27.9 Å². The van der Waals surface area contributed by atoms with E-state index in [1.165, 1.54) is 72.1 Å². The average Bonchev–Trinajstić information content (AvgIpc) is 3.58. The van der Waals surface area contributed by atoms with Crippen molar-refractivity contribution in [3.05, 3.63) is 156 Å². The van der Waals surface area contributed by atoms with E-state index in [-0.39, 0.29) is 5.92 Å². The monoisotopic (exact) mass is 508 g/mol. The van der Waals surface area contributed by atoms with Crippen molar-refractivity contribution in [2.45, 2.75) is 5.92 Å². The number of aromatic nitrogens is 1. The van der Waals surface area contributed by atoms with Gasteiger partial charge in [0, 0.05) is 22.0 Å². The van der Waals surface area contributed by atoms with Gasteiger partial charge in [0.2, 0.25) is 0 Å². The smallest absolute Gasteiger partial charge is 0.0682 e. The van der Waals surface area contributed by atoms with E-state index in [2.05, 4.69) is 144 Å². The first-order valence-electron chi connectivity index (χ1n) is 13.9. The van der Waals surface area contributed by atoms with Crippen molar-refractivity contribution in [2.75, 3.05) is 0 Å². The van der Waals surface area contributed by atoms with Gasteiger partial charge < -0.3 is 4.57 Å². The Morgan fingerprint density at radius 1 is 0.475 bits per heavy atom. The van der Waals surface area contributed by atoms with Gasteiger partial charge >= 0.3 is 0 Å². The molecule has 0 bridgehead atoms. The second-order valence-electron chi connectivity index (χ2n) is 10.8. The summed E-state index contributed by atoms with van der Waals surface area (Å²) >= 11 is 0. The lowest BCUT2D eigenvalue weighted by Crippen LogP contribution is -2.18. The number of para-hydroxylation sites is 2. The minimum absolute atomic E-state index is 0.188. The van der Waals surface area contributed by atoms with Crippen LogP contribution in [0.3, 0.4) is 0 Å². The van der Waals surface area contributed by atoms with E-state index in [0.29, 0.717) is 0 Å². The van der Waals surface area contributed by atoms with Gasteiger partial charge in [-0.15, -0.1) is 0 Å². The molecule has 2 heteroatoms. The van der Waals surface area contributed by atoms with E-state index in [1.807, 2.05) is 0 Å². The molecule has 0 fully saturated rings. The molecule has 2 nitrogen and oxygen atoms in total. The lowest BCUT2D eigenvalue weighted by molar-refractivity contribution is 1.10. The number of benzene rings is 6. The summed E-state index contributed by atoms with van der Waals surface area (Å²) in [6.07, 6.45) is 0. The van der Waals surface area contributed by atoms with E-state index >= 15 is 0 Å². The van der Waals surface area contributed by atoms with Crippen molar-refractivity contribution in [2.24, 2.45) is 4.99 Å². The zero-order valence-electron chi connectivity index (χ0n) is 21.8. The fourth-order valence-corrected chi connectivity index (χ4v) is 6.88. The molecular formula is C38H24N2. The molecule has 186 valence electrons. The first kappa shape index (κ1) is 21.7. The van der Waals surface area contributed by atoms with E-state index in [9.17, 15) is 0 Å². The van der Waals surface area contributed by atoms with Crippen molar-refractivity contribution in [1.82, 2.24) is 4.57 Å². The molecule has 9 rings (SSSR count). The maximum Gasteiger partial charge on any atom is 0.0682 e. The Labute approximate surface area is 232 Å². The van der Waals surface area contributed by atoms with Crippen LogP contribution in [-0.2, 0) is 0 Å². The van der Waals surface area contributed by atoms with E-state index in [4.69, 9.17) is 4.99 Å². The van der Waals surface area contributed by atoms with Crippen LogP contribution < -0.4 is 0 Å². The molecule has 1 atom stereocenters. The number of fused-ring (bicyclic) bond motifs is 11. The van der Waals surface area contributed by atoms with Gasteiger partial charge in [0.1, 0.15) is 0 Å². The van der Waals surface area contributed by atoms with Crippen LogP contribution in [0.15, 0.2) is 145 Å². The summed E-state index contributed by atoms with van der Waals surface area (Å²) in [5, 5.41) is 2.56. The molecule has 0 N–H and O–H groups in total. The highest BCUT2D eigenvalue weighted by Gasteiger charge is 2.36. The summed E-state index contributed by atoms with van der Waals surface area (Å²) < 4.78 is 2.36. The molecule has 2 aliphatic rings. The Bertz CT molecular complexity index is 2110. The van der Waals surface area contributed by atoms with Crippen molar-refractivity contribution < 1.29 is 0 Å². The number of hydrogen-bond donors (Lipinski definition) is 0. The van der Waals surface area contributed by atoms with E-state index < -0.39 is 0 Å². The molecule has 7 aromatic rings. The summed E-state index contributed by atoms with van der Waals surface area (Å²) in [4.78, 5) is 5.24. The average molecular weight is 509 g/mol. The minimum Gasteiger partial charge on any atom is -0.309 e. The van der Waals surface area contributed by atoms with Crippen LogP contribution >= 0.6 is 0 Å². The molecule has 2 heterocycles. The van der Waals surface area contributed by atoms with Crippen LogP contribution in [0.1, 0.15) is 22.6 Å². The lowest BCUT2D eigenvalue weighted by atomic mass is 9.75. The molecule has 1 aliphatic carbocycles. The zero-order valence-corrected chi connectivity index (χ0v) is 21.8. The fourth-order valence-electron chi connectivity index (χ4n) is 6.88. The van der Waals surface area contributed by atoms with Crippen molar-refractivity contribution in [1.29, 1.82) is 0 Å². The van der Waals surface area contributed by atoms with Crippen LogP contribution in [-0.4, -0.2) is 10.3 Å². The summed E-state index contributed by atoms with van der Waals surface area (Å²) in [6.45, 7) is 0. The Morgan fingerprint density at radius 3 is 1.82 bits per heavy atom. The third kappa shape index (κ3) is 2.96. The second-order valence-corrected chi connectivity index (χ2v) is 10.8. The van der Waals surface area contributed by atoms with Gasteiger partial charge in [-0.05, 0) is 63.7 Å². The van der Waals surface area contributed by atoms with Gasteiger partial charge in [0.15, 0.2) is 0 Å². The molecule has 1 unspecified atom stereocenters. The number of nitrogens with zero attached hydrogens (tertiary/aromatic N) is 2. The predicted molar refractivity (Wildman–Crippen MR) is 166 cm³/mol. The number of hydrogen-bond acceptors (Lipinski definition) is 1. The summed E-state index contributed by atoms with van der Waals surface area (Å²) in [5.41, 5.74) is 14.8. The van der Waals surface area contributed by atoms with E-state index in [1.54, 1.807) is 0 Å². The van der Waals surface area contributed by atoms with Gasteiger partial charge in [0.05, 0.1) is 28.4 Å². The molecule has 1 aliphatic heterocycles. The van der Waals surface area contributed by atoms with Gasteiger partial charge in [-0.25, -0.2) is 0 Å². The Hall–Kier alpha value is -5.21. The highest BCUT2D eigenvalue weighted by Crippen LogP contribution is 2.50. The van der Waals surface area contributed by atoms with Gasteiger partial charge in [0.25, 0.3) is 0 Å². The largest absolute Gasteiger partial charge is 0.309 e. The van der Waals surface area contributed by atoms with Crippen molar-refractivity contribution in [3.63, 3.8) is 0 Å². The van der Waals surface area contributed by atoms with E-state index in [0.717, 1.165) is 5.69 Å². The standard InChI is InChI=1S/C38H24N2/c1-3-13-31-27(9-1)28-10-2-4-14-32(28)38-37(31)33-22-19-25(23-34(33)39-38)24-17-20-26(21-18-24)40-35-15-7-5-11-29(35)30-12-6-8-16-36(30)40/h1-23,37H. The molecule has 0 saturated carbocycles. The maximum atomic E-state index is 5.24. The van der Waals surface area contributed by atoms with Crippen LogP contribution in [0.2, 0.25) is 0 Å². The van der Waals surface area contributed by atoms with Gasteiger partial charge in [-0.2, -0.15) is 0 Å². The topological polar surface area (TPSA) is 17.3 Å². The highest BCUT2D eigenvalue weighted by molar-refractivity contribution is 6.18. The summed E-state index contributed by atoms with van der Waals surface area (Å²) in [7, 11) is 0. The fraction of sp³-hybridized carbons (Fsp3) is 0.0263. The van der Waals surface area contributed by atoms with Crippen LogP contribution in [0.25, 0.3) is 49.7 Å². The Balaban J connectivity index is 1.14. The maximum absolute atomic E-state index is 5.24. The SMILES string of the molecule is c1ccc2c(c1)C1=Nc3cc(-c4ccc(-n5c6ccccc6c6ccccc65)cc4)ccc3C1c1ccccc1-2. The van der Waals surface area contributed by atoms with Crippen molar-refractivity contribution >= 4 is 33.2 Å². The van der Waals surface area contributed by atoms with Crippen LogP contribution in [0, 0.1) is 0 Å². The molecule has 0 amide bonds. The molecule has 0 saturated heterocycles. The molecule has 0 radical (unpaired) electrons. The number of rotatable bonds is 2. The number of aliphatic imine (C=N–C) groups is 1. The molecule has 40 heavy (non-hydrogen) atoms. The second kappa shape index (κ2) is 8.14. The Morgan fingerprint density at radius 2 is 1.07 bits per heavy atom. The van der Waals surface area contributed by atoms with Crippen LogP contribution in [0.5, 0.6) is 0 Å². The van der Waals surface area contributed by atoms with Gasteiger partial charge in [-0.1, -0.05) is 109 Å². The third-order valence-corrected chi connectivity index (χ3v) is 8.66. The molecule has 1 aromatic heterocycles. The summed E-state index contributed by atoms with van der Waals surface area (Å²) in [6, 6.07) is 50.6. The Kier molecular flexibility index (Phi) is 4.42. The quantitative estimate of drug-likeness (QED) is 0.221. The molecule has 0 spiro atoms. The van der Waals surface area contributed by atoms with Gasteiger partial charge in [-0.3, -0.25) is 4.99 Å². The highest BCUT2D eigenvalue weighted by atomic mass is 15.0.